The number of amides is 1. The minimum absolute atomic E-state index is 0.552. The maximum Gasteiger partial charge on any atom is 0.427 e. The van der Waals surface area contributed by atoms with Gasteiger partial charge in [0.1, 0.15) is 11.5 Å². The van der Waals surface area contributed by atoms with Crippen LogP contribution in [0.5, 0.6) is 0 Å². The SMILES string of the molecule is COC(=O)N/N=C\c1ccc([C@H]2C[C@@H]2C)o1. The Hall–Kier alpha value is -1.78. The van der Waals surface area contributed by atoms with Crippen LogP contribution >= 0.6 is 0 Å². The highest BCUT2D eigenvalue weighted by atomic mass is 16.5. The highest BCUT2D eigenvalue weighted by Crippen LogP contribution is 2.47. The Kier molecular flexibility index (Phi) is 2.94. The molecular weight excluding hydrogens is 208 g/mol. The van der Waals surface area contributed by atoms with E-state index in [0.717, 1.165) is 5.76 Å². The first-order valence-electron chi connectivity index (χ1n) is 5.17. The fourth-order valence-electron chi connectivity index (χ4n) is 1.55. The van der Waals surface area contributed by atoms with Crippen LogP contribution < -0.4 is 5.43 Å². The summed E-state index contributed by atoms with van der Waals surface area (Å²) in [7, 11) is 1.28. The van der Waals surface area contributed by atoms with Gasteiger partial charge in [-0.05, 0) is 24.5 Å². The van der Waals surface area contributed by atoms with E-state index in [4.69, 9.17) is 4.42 Å². The molecule has 0 radical (unpaired) electrons. The quantitative estimate of drug-likeness (QED) is 0.629. The molecule has 1 fully saturated rings. The van der Waals surface area contributed by atoms with Crippen molar-refractivity contribution in [2.75, 3.05) is 7.11 Å². The Morgan fingerprint density at radius 3 is 3.06 bits per heavy atom. The molecule has 0 saturated heterocycles. The van der Waals surface area contributed by atoms with Crippen LogP contribution in [0.3, 0.4) is 0 Å². The molecule has 5 heteroatoms. The Balaban J connectivity index is 1.90. The van der Waals surface area contributed by atoms with E-state index in [1.165, 1.54) is 19.7 Å². The lowest BCUT2D eigenvalue weighted by molar-refractivity contribution is 0.171. The first kappa shape index (κ1) is 10.7. The Morgan fingerprint density at radius 2 is 2.44 bits per heavy atom. The summed E-state index contributed by atoms with van der Waals surface area (Å²) < 4.78 is 9.91. The van der Waals surface area contributed by atoms with Crippen LogP contribution in [0.1, 0.15) is 30.8 Å². The molecule has 0 spiro atoms. The van der Waals surface area contributed by atoms with Gasteiger partial charge in [0.25, 0.3) is 0 Å². The maximum absolute atomic E-state index is 10.7. The number of hydrazone groups is 1. The molecule has 1 aliphatic carbocycles. The fraction of sp³-hybridized carbons (Fsp3) is 0.455. The smallest absolute Gasteiger partial charge is 0.427 e. The van der Waals surface area contributed by atoms with Crippen LogP contribution in [-0.4, -0.2) is 19.4 Å². The van der Waals surface area contributed by atoms with Gasteiger partial charge in [0.15, 0.2) is 0 Å². The number of carbonyl (C=O) groups is 1. The number of furan rings is 1. The normalized spacial score (nSPS) is 23.4. The lowest BCUT2D eigenvalue weighted by Gasteiger charge is -1.94. The Morgan fingerprint density at radius 1 is 1.69 bits per heavy atom. The molecular formula is C11H14N2O3. The summed E-state index contributed by atoms with van der Waals surface area (Å²) in [5, 5.41) is 3.68. The van der Waals surface area contributed by atoms with Crippen molar-refractivity contribution in [2.45, 2.75) is 19.3 Å². The van der Waals surface area contributed by atoms with Crippen molar-refractivity contribution in [1.29, 1.82) is 0 Å². The van der Waals surface area contributed by atoms with Crippen molar-refractivity contribution in [2.24, 2.45) is 11.0 Å². The number of methoxy groups -OCH3 is 1. The molecule has 1 aliphatic rings. The first-order chi connectivity index (χ1) is 7.70. The predicted octanol–water partition coefficient (Wildman–Crippen LogP) is 2.09. The van der Waals surface area contributed by atoms with Crippen LogP contribution in [0.15, 0.2) is 21.7 Å². The molecule has 2 atom stereocenters. The number of nitrogens with zero attached hydrogens (tertiary/aromatic N) is 1. The van der Waals surface area contributed by atoms with Gasteiger partial charge in [-0.2, -0.15) is 5.10 Å². The van der Waals surface area contributed by atoms with E-state index in [-0.39, 0.29) is 0 Å². The Bertz CT molecular complexity index is 411. The monoisotopic (exact) mass is 222 g/mol. The first-order valence-corrected chi connectivity index (χ1v) is 5.17. The minimum Gasteiger partial charge on any atom is -0.460 e. The summed E-state index contributed by atoms with van der Waals surface area (Å²) >= 11 is 0. The van der Waals surface area contributed by atoms with Crippen LogP contribution in [-0.2, 0) is 4.74 Å². The van der Waals surface area contributed by atoms with Crippen LogP contribution in [0.25, 0.3) is 0 Å². The third-order valence-electron chi connectivity index (χ3n) is 2.66. The second kappa shape index (κ2) is 4.38. The average molecular weight is 222 g/mol. The zero-order valence-electron chi connectivity index (χ0n) is 9.27. The highest BCUT2D eigenvalue weighted by Gasteiger charge is 2.36. The molecule has 1 N–H and O–H groups in total. The maximum atomic E-state index is 10.7. The summed E-state index contributed by atoms with van der Waals surface area (Å²) in [5.74, 6) is 2.89. The van der Waals surface area contributed by atoms with Crippen molar-refractivity contribution in [3.8, 4) is 0 Å². The van der Waals surface area contributed by atoms with Gasteiger partial charge in [-0.25, -0.2) is 10.2 Å². The molecule has 0 aliphatic heterocycles. The number of nitrogens with one attached hydrogen (secondary N) is 1. The van der Waals surface area contributed by atoms with Crippen LogP contribution in [0.2, 0.25) is 0 Å². The molecule has 2 rings (SSSR count). The molecule has 1 heterocycles. The Labute approximate surface area is 93.5 Å². The van der Waals surface area contributed by atoms with Gasteiger partial charge in [0.05, 0.1) is 13.3 Å². The number of ether oxygens (including phenoxy) is 1. The van der Waals surface area contributed by atoms with Gasteiger partial charge in [0.2, 0.25) is 0 Å². The second-order valence-corrected chi connectivity index (χ2v) is 3.92. The summed E-state index contributed by atoms with van der Waals surface area (Å²) in [5.41, 5.74) is 2.19. The largest absolute Gasteiger partial charge is 0.460 e. The van der Waals surface area contributed by atoms with Gasteiger partial charge in [0, 0.05) is 5.92 Å². The summed E-state index contributed by atoms with van der Waals surface area (Å²) in [6, 6.07) is 3.79. The van der Waals surface area contributed by atoms with Crippen molar-refractivity contribution < 1.29 is 13.9 Å². The molecule has 1 aromatic rings. The lowest BCUT2D eigenvalue weighted by atomic mass is 10.3. The van der Waals surface area contributed by atoms with Gasteiger partial charge >= 0.3 is 6.09 Å². The summed E-state index contributed by atoms with van der Waals surface area (Å²) in [6.45, 7) is 2.19. The molecule has 1 aromatic heterocycles. The van der Waals surface area contributed by atoms with Gasteiger partial charge in [-0.15, -0.1) is 0 Å². The van der Waals surface area contributed by atoms with E-state index in [0.29, 0.717) is 17.6 Å². The third-order valence-corrected chi connectivity index (χ3v) is 2.66. The number of rotatable bonds is 3. The van der Waals surface area contributed by atoms with E-state index < -0.39 is 6.09 Å². The molecule has 5 nitrogen and oxygen atoms in total. The molecule has 1 saturated carbocycles. The van der Waals surface area contributed by atoms with E-state index in [1.807, 2.05) is 12.1 Å². The topological polar surface area (TPSA) is 63.8 Å². The van der Waals surface area contributed by atoms with Crippen LogP contribution in [0, 0.1) is 5.92 Å². The van der Waals surface area contributed by atoms with Gasteiger partial charge in [-0.1, -0.05) is 6.92 Å². The summed E-state index contributed by atoms with van der Waals surface area (Å²) in [6.07, 6.45) is 2.04. The molecule has 0 unspecified atom stereocenters. The van der Waals surface area contributed by atoms with Crippen molar-refractivity contribution in [3.05, 3.63) is 23.7 Å². The number of hydrogen-bond acceptors (Lipinski definition) is 4. The number of carbonyl (C=O) groups excluding carboxylic acids is 1. The van der Waals surface area contributed by atoms with E-state index in [9.17, 15) is 4.79 Å². The standard InChI is InChI=1S/C11H14N2O3/c1-7-5-9(7)10-4-3-8(16-10)6-12-13-11(14)15-2/h3-4,6-7,9H,5H2,1-2H3,(H,13,14)/b12-6-/t7-,9-/m0/s1. The van der Waals surface area contributed by atoms with E-state index in [1.54, 1.807) is 0 Å². The lowest BCUT2D eigenvalue weighted by Crippen LogP contribution is -2.16. The molecule has 86 valence electrons. The van der Waals surface area contributed by atoms with E-state index >= 15 is 0 Å². The predicted molar refractivity (Wildman–Crippen MR) is 58.4 cm³/mol. The molecule has 16 heavy (non-hydrogen) atoms. The van der Waals surface area contributed by atoms with Gasteiger partial charge < -0.3 is 9.15 Å². The zero-order valence-corrected chi connectivity index (χ0v) is 9.27. The van der Waals surface area contributed by atoms with Crippen molar-refractivity contribution in [1.82, 2.24) is 5.43 Å². The zero-order chi connectivity index (χ0) is 11.5. The third kappa shape index (κ3) is 2.42. The number of hydrogen-bond donors (Lipinski definition) is 1. The van der Waals surface area contributed by atoms with Crippen molar-refractivity contribution >= 4 is 12.3 Å². The molecule has 0 aromatic carbocycles. The minimum atomic E-state index is -0.598. The highest BCUT2D eigenvalue weighted by molar-refractivity contribution is 5.77. The van der Waals surface area contributed by atoms with Crippen molar-refractivity contribution in [3.63, 3.8) is 0 Å². The fourth-order valence-corrected chi connectivity index (χ4v) is 1.55. The molecule has 1 amide bonds. The van der Waals surface area contributed by atoms with Gasteiger partial charge in [-0.3, -0.25) is 0 Å². The van der Waals surface area contributed by atoms with E-state index in [2.05, 4.69) is 22.2 Å². The second-order valence-electron chi connectivity index (χ2n) is 3.92. The van der Waals surface area contributed by atoms with Crippen LogP contribution in [0.4, 0.5) is 4.79 Å². The average Bonchev–Trinajstić information content (AvgIpc) is 2.82. The molecule has 0 bridgehead atoms. The summed E-state index contributed by atoms with van der Waals surface area (Å²) in [4.78, 5) is 10.7.